The standard InChI is InChI=1S/C52H30N4O/c1-4-15-31(16-5-1)39-30-40(54-52(53-39)32-17-6-2-7-18-32)33-27-28-35-36-23-14-25-42-45(36)48-49(55(42)34-19-8-3-9-20-34)47-38-22-11-13-26-44(38)57-51(47)46-37-21-10-12-24-41(37)56(50(46)48)43(35)29-33/h1-30H. The Morgan fingerprint density at radius 1 is 0.386 bits per heavy atom. The summed E-state index contributed by atoms with van der Waals surface area (Å²) in [6, 6.07) is 64.4. The van der Waals surface area contributed by atoms with Gasteiger partial charge in [-0.3, -0.25) is 0 Å². The van der Waals surface area contributed by atoms with E-state index in [2.05, 4.69) is 167 Å². The van der Waals surface area contributed by atoms with Crippen LogP contribution in [0.15, 0.2) is 186 Å². The van der Waals surface area contributed by atoms with Gasteiger partial charge in [0.2, 0.25) is 0 Å². The largest absolute Gasteiger partial charge is 0.455 e. The fourth-order valence-electron chi connectivity index (χ4n) is 9.46. The van der Waals surface area contributed by atoms with Crippen molar-refractivity contribution in [2.24, 2.45) is 0 Å². The highest BCUT2D eigenvalue weighted by Gasteiger charge is 2.29. The van der Waals surface area contributed by atoms with E-state index in [9.17, 15) is 0 Å². The number of nitrogens with zero attached hydrogens (tertiary/aromatic N) is 4. The first-order valence-corrected chi connectivity index (χ1v) is 19.3. The maximum Gasteiger partial charge on any atom is 0.160 e. The molecule has 0 saturated heterocycles. The summed E-state index contributed by atoms with van der Waals surface area (Å²) >= 11 is 0. The predicted molar refractivity (Wildman–Crippen MR) is 235 cm³/mol. The van der Waals surface area contributed by atoms with Crippen LogP contribution in [-0.2, 0) is 0 Å². The van der Waals surface area contributed by atoms with E-state index in [-0.39, 0.29) is 0 Å². The number of aromatic nitrogens is 4. The minimum atomic E-state index is 0.698. The Labute approximate surface area is 325 Å². The van der Waals surface area contributed by atoms with Gasteiger partial charge >= 0.3 is 0 Å². The summed E-state index contributed by atoms with van der Waals surface area (Å²) in [6.45, 7) is 0. The van der Waals surface area contributed by atoms with E-state index >= 15 is 0 Å². The fraction of sp³-hybridized carbons (Fsp3) is 0. The molecule has 13 aromatic rings. The molecule has 0 atom stereocenters. The van der Waals surface area contributed by atoms with Crippen LogP contribution < -0.4 is 0 Å². The number of benzene rings is 8. The molecule has 5 heterocycles. The predicted octanol–water partition coefficient (Wildman–Crippen LogP) is 13.6. The molecule has 0 fully saturated rings. The van der Waals surface area contributed by atoms with Crippen LogP contribution in [0.5, 0.6) is 0 Å². The molecule has 0 unspecified atom stereocenters. The lowest BCUT2D eigenvalue weighted by atomic mass is 10.00. The van der Waals surface area contributed by atoms with Gasteiger partial charge in [0.25, 0.3) is 0 Å². The summed E-state index contributed by atoms with van der Waals surface area (Å²) in [5.74, 6) is 0.698. The number of fused-ring (bicyclic) bond motifs is 11. The first-order chi connectivity index (χ1) is 28.3. The van der Waals surface area contributed by atoms with Gasteiger partial charge in [-0.1, -0.05) is 140 Å². The third kappa shape index (κ3) is 4.17. The van der Waals surface area contributed by atoms with Gasteiger partial charge in [-0.25, -0.2) is 9.97 Å². The normalized spacial score (nSPS) is 12.2. The average molecular weight is 727 g/mol. The lowest BCUT2D eigenvalue weighted by Gasteiger charge is -2.11. The van der Waals surface area contributed by atoms with E-state index in [1.807, 2.05) is 24.3 Å². The molecule has 57 heavy (non-hydrogen) atoms. The highest BCUT2D eigenvalue weighted by atomic mass is 16.3. The van der Waals surface area contributed by atoms with Gasteiger partial charge in [0.1, 0.15) is 11.2 Å². The van der Waals surface area contributed by atoms with Gasteiger partial charge in [0.05, 0.1) is 49.7 Å². The van der Waals surface area contributed by atoms with Crippen LogP contribution in [0.25, 0.3) is 121 Å². The Kier molecular flexibility index (Phi) is 6.10. The zero-order valence-electron chi connectivity index (χ0n) is 30.5. The molecule has 0 aliphatic rings. The van der Waals surface area contributed by atoms with Gasteiger partial charge in [-0.15, -0.1) is 0 Å². The van der Waals surface area contributed by atoms with Crippen molar-refractivity contribution < 1.29 is 4.42 Å². The lowest BCUT2D eigenvalue weighted by Crippen LogP contribution is -1.96. The Balaban J connectivity index is 1.24. The van der Waals surface area contributed by atoms with Crippen molar-refractivity contribution in [1.29, 1.82) is 0 Å². The molecule has 5 aromatic heterocycles. The molecule has 0 amide bonds. The molecule has 0 aliphatic heterocycles. The quantitative estimate of drug-likeness (QED) is 0.181. The maximum absolute atomic E-state index is 6.99. The molecule has 0 bridgehead atoms. The molecule has 0 radical (unpaired) electrons. The van der Waals surface area contributed by atoms with Crippen molar-refractivity contribution in [2.45, 2.75) is 0 Å². The molecule has 264 valence electrons. The second-order valence-electron chi connectivity index (χ2n) is 14.9. The van der Waals surface area contributed by atoms with Gasteiger partial charge in [-0.2, -0.15) is 0 Å². The van der Waals surface area contributed by atoms with E-state index < -0.39 is 0 Å². The van der Waals surface area contributed by atoms with Crippen LogP contribution in [0.1, 0.15) is 0 Å². The van der Waals surface area contributed by atoms with Gasteiger partial charge < -0.3 is 13.4 Å². The molecule has 0 saturated carbocycles. The Hall–Kier alpha value is -7.76. The Morgan fingerprint density at radius 2 is 1.02 bits per heavy atom. The number of furan rings is 1. The van der Waals surface area contributed by atoms with Crippen molar-refractivity contribution in [2.75, 3.05) is 0 Å². The molecular formula is C52H30N4O. The van der Waals surface area contributed by atoms with Crippen molar-refractivity contribution in [3.8, 4) is 39.6 Å². The van der Waals surface area contributed by atoms with Crippen LogP contribution in [0.3, 0.4) is 0 Å². The first kappa shape index (κ1) is 30.6. The number of hydrogen-bond donors (Lipinski definition) is 0. The highest BCUT2D eigenvalue weighted by Crippen LogP contribution is 2.51. The Bertz CT molecular complexity index is 3670. The number of rotatable bonds is 4. The molecule has 5 heteroatoms. The van der Waals surface area contributed by atoms with Crippen molar-refractivity contribution in [3.63, 3.8) is 0 Å². The molecule has 0 N–H and O–H groups in total. The zero-order chi connectivity index (χ0) is 37.2. The van der Waals surface area contributed by atoms with Crippen LogP contribution in [0.4, 0.5) is 0 Å². The third-order valence-electron chi connectivity index (χ3n) is 11.8. The highest BCUT2D eigenvalue weighted by molar-refractivity contribution is 6.42. The summed E-state index contributed by atoms with van der Waals surface area (Å²) in [4.78, 5) is 10.3. The van der Waals surface area contributed by atoms with E-state index in [1.54, 1.807) is 0 Å². The average Bonchev–Trinajstić information content (AvgIpc) is 3.92. The lowest BCUT2D eigenvalue weighted by molar-refractivity contribution is 0.673. The number of para-hydroxylation sites is 3. The summed E-state index contributed by atoms with van der Waals surface area (Å²) in [6.07, 6.45) is 0. The fourth-order valence-corrected chi connectivity index (χ4v) is 9.46. The summed E-state index contributed by atoms with van der Waals surface area (Å²) in [7, 11) is 0. The smallest absolute Gasteiger partial charge is 0.160 e. The minimum Gasteiger partial charge on any atom is -0.455 e. The zero-order valence-corrected chi connectivity index (χ0v) is 30.5. The molecule has 0 spiro atoms. The van der Waals surface area contributed by atoms with Crippen molar-refractivity contribution >= 4 is 81.8 Å². The van der Waals surface area contributed by atoms with E-state index in [0.29, 0.717) is 5.82 Å². The van der Waals surface area contributed by atoms with Crippen LogP contribution in [0.2, 0.25) is 0 Å². The summed E-state index contributed by atoms with van der Waals surface area (Å²) in [5, 5.41) is 9.38. The monoisotopic (exact) mass is 726 g/mol. The van der Waals surface area contributed by atoms with Crippen LogP contribution >= 0.6 is 0 Å². The van der Waals surface area contributed by atoms with Crippen LogP contribution in [0, 0.1) is 0 Å². The molecular weight excluding hydrogens is 697 g/mol. The molecule has 8 aromatic carbocycles. The summed E-state index contributed by atoms with van der Waals surface area (Å²) < 4.78 is 11.9. The van der Waals surface area contributed by atoms with E-state index in [1.165, 1.54) is 16.2 Å². The SMILES string of the molecule is c1ccc(-c2cc(-c3ccc4c5cccc6c5c5c(c7c8ccccc8oc7c7c8ccccc8n(c4c3)c75)n6-c3ccccc3)nc(-c3ccccc3)n2)cc1. The molecule has 13 rings (SSSR count). The minimum absolute atomic E-state index is 0.698. The van der Waals surface area contributed by atoms with Crippen molar-refractivity contribution in [1.82, 2.24) is 18.9 Å². The first-order valence-electron chi connectivity index (χ1n) is 19.3. The van der Waals surface area contributed by atoms with Crippen LogP contribution in [-0.4, -0.2) is 18.9 Å². The second-order valence-corrected chi connectivity index (χ2v) is 14.9. The third-order valence-corrected chi connectivity index (χ3v) is 11.8. The topological polar surface area (TPSA) is 48.3 Å². The number of hydrogen-bond acceptors (Lipinski definition) is 3. The van der Waals surface area contributed by atoms with Gasteiger partial charge in [0.15, 0.2) is 5.82 Å². The van der Waals surface area contributed by atoms with Gasteiger partial charge in [-0.05, 0) is 47.9 Å². The molecule has 5 nitrogen and oxygen atoms in total. The second kappa shape index (κ2) is 11.4. The molecule has 0 aliphatic carbocycles. The van der Waals surface area contributed by atoms with E-state index in [4.69, 9.17) is 14.4 Å². The van der Waals surface area contributed by atoms with Crippen molar-refractivity contribution in [3.05, 3.63) is 182 Å². The van der Waals surface area contributed by atoms with E-state index in [0.717, 1.165) is 99.4 Å². The Morgan fingerprint density at radius 3 is 1.82 bits per heavy atom. The van der Waals surface area contributed by atoms with Gasteiger partial charge in [0, 0.05) is 49.3 Å². The maximum atomic E-state index is 6.99. The summed E-state index contributed by atoms with van der Waals surface area (Å²) in [5.41, 5.74) is 13.4.